The summed E-state index contributed by atoms with van der Waals surface area (Å²) in [5.41, 5.74) is 3.16. The van der Waals surface area contributed by atoms with Crippen molar-refractivity contribution in [1.82, 2.24) is 20.3 Å². The van der Waals surface area contributed by atoms with Crippen molar-refractivity contribution in [2.75, 3.05) is 7.05 Å². The molecule has 1 N–H and O–H groups in total. The summed E-state index contributed by atoms with van der Waals surface area (Å²) in [6.07, 6.45) is 1.86. The molecule has 0 aliphatic heterocycles. The molecule has 0 amide bonds. The third-order valence-corrected chi connectivity index (χ3v) is 3.09. The highest BCUT2D eigenvalue weighted by molar-refractivity contribution is 5.39. The lowest BCUT2D eigenvalue weighted by Crippen LogP contribution is -2.14. The van der Waals surface area contributed by atoms with Crippen molar-refractivity contribution in [2.24, 2.45) is 7.05 Å². The molecule has 0 saturated heterocycles. The van der Waals surface area contributed by atoms with E-state index in [4.69, 9.17) is 4.74 Å². The number of aryl methyl sites for hydroxylation is 2. The Hall–Kier alpha value is -1.88. The Balaban J connectivity index is 2.16. The monoisotopic (exact) mass is 260 g/mol. The van der Waals surface area contributed by atoms with Crippen LogP contribution in [0.25, 0.3) is 0 Å². The molecule has 2 aromatic rings. The largest absolute Gasteiger partial charge is 0.487 e. The lowest BCUT2D eigenvalue weighted by Gasteiger charge is -2.16. The highest BCUT2D eigenvalue weighted by Gasteiger charge is 2.11. The molecule has 102 valence electrons. The van der Waals surface area contributed by atoms with Crippen LogP contribution in [0.15, 0.2) is 24.4 Å². The Morgan fingerprint density at radius 1 is 1.42 bits per heavy atom. The van der Waals surface area contributed by atoms with E-state index < -0.39 is 0 Å². The maximum Gasteiger partial charge on any atom is 0.134 e. The van der Waals surface area contributed by atoms with Gasteiger partial charge in [-0.3, -0.25) is 4.68 Å². The van der Waals surface area contributed by atoms with E-state index in [9.17, 15) is 0 Å². The number of rotatable bonds is 5. The number of aromatic nitrogens is 3. The van der Waals surface area contributed by atoms with Crippen molar-refractivity contribution in [3.05, 3.63) is 41.2 Å². The van der Waals surface area contributed by atoms with Crippen LogP contribution in [0.4, 0.5) is 0 Å². The Kier molecular flexibility index (Phi) is 4.16. The zero-order valence-electron chi connectivity index (χ0n) is 11.8. The van der Waals surface area contributed by atoms with Crippen molar-refractivity contribution >= 4 is 0 Å². The van der Waals surface area contributed by atoms with E-state index in [1.165, 1.54) is 5.56 Å². The second kappa shape index (κ2) is 5.84. The average Bonchev–Trinajstić information content (AvgIpc) is 2.81. The van der Waals surface area contributed by atoms with Crippen LogP contribution < -0.4 is 10.1 Å². The quantitative estimate of drug-likeness (QED) is 0.893. The Labute approximate surface area is 113 Å². The third-order valence-electron chi connectivity index (χ3n) is 3.09. The number of nitrogens with one attached hydrogen (secondary N) is 1. The van der Waals surface area contributed by atoms with Gasteiger partial charge in [0.2, 0.25) is 0 Å². The molecule has 1 aromatic heterocycles. The molecule has 0 fully saturated rings. The molecule has 2 rings (SSSR count). The molecular formula is C14H20N4O. The van der Waals surface area contributed by atoms with Crippen LogP contribution in [0.3, 0.4) is 0 Å². The second-order valence-corrected chi connectivity index (χ2v) is 4.72. The van der Waals surface area contributed by atoms with Crippen LogP contribution in [-0.4, -0.2) is 22.0 Å². The lowest BCUT2D eigenvalue weighted by molar-refractivity contribution is 0.295. The fourth-order valence-electron chi connectivity index (χ4n) is 1.89. The standard InChI is InChI=1S/C14H20N4O/c1-10-5-6-13(11(2)15-3)14(7-10)19-9-12-8-18(4)17-16-12/h5-8,11,15H,9H2,1-4H3. The van der Waals surface area contributed by atoms with Gasteiger partial charge in [0.25, 0.3) is 0 Å². The van der Waals surface area contributed by atoms with Crippen molar-refractivity contribution in [1.29, 1.82) is 0 Å². The molecule has 0 saturated carbocycles. The SMILES string of the molecule is CNC(C)c1ccc(C)cc1OCc1cn(C)nn1. The van der Waals surface area contributed by atoms with Crippen molar-refractivity contribution in [3.8, 4) is 5.75 Å². The van der Waals surface area contributed by atoms with Gasteiger partial charge in [-0.05, 0) is 32.5 Å². The predicted octanol–water partition coefficient (Wildman–Crippen LogP) is 1.98. The molecule has 5 nitrogen and oxygen atoms in total. The zero-order chi connectivity index (χ0) is 13.8. The summed E-state index contributed by atoms with van der Waals surface area (Å²) >= 11 is 0. The van der Waals surface area contributed by atoms with Crippen LogP contribution in [0.5, 0.6) is 5.75 Å². The molecule has 5 heteroatoms. The summed E-state index contributed by atoms with van der Waals surface area (Å²) in [5.74, 6) is 0.896. The molecule has 0 bridgehead atoms. The molecule has 0 aliphatic rings. The summed E-state index contributed by atoms with van der Waals surface area (Å²) in [6.45, 7) is 4.60. The van der Waals surface area contributed by atoms with Crippen LogP contribution >= 0.6 is 0 Å². The van der Waals surface area contributed by atoms with Gasteiger partial charge in [-0.1, -0.05) is 17.3 Å². The van der Waals surface area contributed by atoms with E-state index in [1.54, 1.807) is 4.68 Å². The van der Waals surface area contributed by atoms with Gasteiger partial charge >= 0.3 is 0 Å². The summed E-state index contributed by atoms with van der Waals surface area (Å²) in [4.78, 5) is 0. The van der Waals surface area contributed by atoms with Crippen molar-refractivity contribution in [2.45, 2.75) is 26.5 Å². The Morgan fingerprint density at radius 3 is 2.84 bits per heavy atom. The van der Waals surface area contributed by atoms with E-state index in [2.05, 4.69) is 47.7 Å². The van der Waals surface area contributed by atoms with Gasteiger partial charge in [-0.15, -0.1) is 5.10 Å². The summed E-state index contributed by atoms with van der Waals surface area (Å²) in [7, 11) is 3.79. The highest BCUT2D eigenvalue weighted by Crippen LogP contribution is 2.26. The molecule has 19 heavy (non-hydrogen) atoms. The number of hydrogen-bond donors (Lipinski definition) is 1. The average molecular weight is 260 g/mol. The molecule has 1 aromatic carbocycles. The predicted molar refractivity (Wildman–Crippen MR) is 74.0 cm³/mol. The van der Waals surface area contributed by atoms with Crippen LogP contribution in [0, 0.1) is 6.92 Å². The van der Waals surface area contributed by atoms with Gasteiger partial charge in [0.1, 0.15) is 18.1 Å². The first kappa shape index (κ1) is 13.5. The molecule has 0 radical (unpaired) electrons. The van der Waals surface area contributed by atoms with Crippen molar-refractivity contribution < 1.29 is 4.74 Å². The van der Waals surface area contributed by atoms with E-state index in [1.807, 2.05) is 20.3 Å². The molecule has 1 unspecified atom stereocenters. The molecule has 1 heterocycles. The maximum absolute atomic E-state index is 5.88. The molecule has 1 atom stereocenters. The molecule has 0 spiro atoms. The van der Waals surface area contributed by atoms with Gasteiger partial charge in [0, 0.05) is 18.7 Å². The number of hydrogen-bond acceptors (Lipinski definition) is 4. The minimum Gasteiger partial charge on any atom is -0.487 e. The van der Waals surface area contributed by atoms with E-state index in [0.29, 0.717) is 6.61 Å². The Bertz CT molecular complexity index is 550. The smallest absolute Gasteiger partial charge is 0.134 e. The van der Waals surface area contributed by atoms with Gasteiger partial charge in [-0.2, -0.15) is 0 Å². The second-order valence-electron chi connectivity index (χ2n) is 4.72. The molecular weight excluding hydrogens is 240 g/mol. The van der Waals surface area contributed by atoms with Gasteiger partial charge in [0.05, 0.1) is 6.20 Å². The zero-order valence-corrected chi connectivity index (χ0v) is 11.8. The number of nitrogens with zero attached hydrogens (tertiary/aromatic N) is 3. The first-order valence-corrected chi connectivity index (χ1v) is 6.36. The Morgan fingerprint density at radius 2 is 2.21 bits per heavy atom. The van der Waals surface area contributed by atoms with Gasteiger partial charge in [0.15, 0.2) is 0 Å². The number of ether oxygens (including phenoxy) is 1. The summed E-state index contributed by atoms with van der Waals surface area (Å²) in [5, 5.41) is 11.1. The highest BCUT2D eigenvalue weighted by atomic mass is 16.5. The molecule has 0 aliphatic carbocycles. The van der Waals surface area contributed by atoms with E-state index >= 15 is 0 Å². The fourth-order valence-corrected chi connectivity index (χ4v) is 1.89. The van der Waals surface area contributed by atoms with Crippen LogP contribution in [-0.2, 0) is 13.7 Å². The van der Waals surface area contributed by atoms with Gasteiger partial charge < -0.3 is 10.1 Å². The number of benzene rings is 1. The summed E-state index contributed by atoms with van der Waals surface area (Å²) < 4.78 is 7.56. The lowest BCUT2D eigenvalue weighted by atomic mass is 10.1. The summed E-state index contributed by atoms with van der Waals surface area (Å²) in [6, 6.07) is 6.50. The van der Waals surface area contributed by atoms with Gasteiger partial charge in [-0.25, -0.2) is 0 Å². The van der Waals surface area contributed by atoms with E-state index in [-0.39, 0.29) is 6.04 Å². The van der Waals surface area contributed by atoms with Crippen LogP contribution in [0.1, 0.15) is 29.8 Å². The minimum atomic E-state index is 0.248. The van der Waals surface area contributed by atoms with Crippen LogP contribution in [0.2, 0.25) is 0 Å². The fraction of sp³-hybridized carbons (Fsp3) is 0.429. The topological polar surface area (TPSA) is 52.0 Å². The first-order chi connectivity index (χ1) is 9.10. The minimum absolute atomic E-state index is 0.248. The van der Waals surface area contributed by atoms with E-state index in [0.717, 1.165) is 17.0 Å². The van der Waals surface area contributed by atoms with Crippen molar-refractivity contribution in [3.63, 3.8) is 0 Å². The maximum atomic E-state index is 5.88. The normalized spacial score (nSPS) is 12.4. The third kappa shape index (κ3) is 3.32. The first-order valence-electron chi connectivity index (χ1n) is 6.36.